The van der Waals surface area contributed by atoms with Crippen molar-refractivity contribution in [3.63, 3.8) is 0 Å². The van der Waals surface area contributed by atoms with Gasteiger partial charge in [-0.2, -0.15) is 0 Å². The predicted octanol–water partition coefficient (Wildman–Crippen LogP) is 2.90. The molecule has 0 radical (unpaired) electrons. The van der Waals surface area contributed by atoms with Crippen LogP contribution < -0.4 is 14.8 Å². The first kappa shape index (κ1) is 25.2. The van der Waals surface area contributed by atoms with Crippen LogP contribution in [0.1, 0.15) is 26.3 Å². The van der Waals surface area contributed by atoms with Gasteiger partial charge in [-0.05, 0) is 35.9 Å². The van der Waals surface area contributed by atoms with Crippen molar-refractivity contribution in [1.82, 2.24) is 10.2 Å². The lowest BCUT2D eigenvalue weighted by Crippen LogP contribution is -2.40. The maximum atomic E-state index is 13.3. The standard InChI is InChI=1S/C26H27N3O6S/c1-34-24-12-11-20(17-22(24)26(31)29-13-15-35-16-14-29)36(32,33)28-23-10-6-5-9-21(23)25(30)27-18-19-7-3-2-4-8-19/h2-12,17,28H,13-16,18H2,1H3,(H,27,30). The summed E-state index contributed by atoms with van der Waals surface area (Å²) in [6, 6.07) is 19.8. The molecule has 2 amide bonds. The molecular formula is C26H27N3O6S. The zero-order valence-electron chi connectivity index (χ0n) is 19.8. The first-order chi connectivity index (χ1) is 17.4. The molecule has 0 bridgehead atoms. The van der Waals surface area contributed by atoms with Crippen LogP contribution in [0.2, 0.25) is 0 Å². The van der Waals surface area contributed by atoms with Crippen molar-refractivity contribution in [3.05, 3.63) is 89.5 Å². The van der Waals surface area contributed by atoms with Crippen LogP contribution in [-0.2, 0) is 21.3 Å². The third-order valence-corrected chi connectivity index (χ3v) is 7.09. The molecule has 2 N–H and O–H groups in total. The largest absolute Gasteiger partial charge is 0.496 e. The number of methoxy groups -OCH3 is 1. The number of hydrogen-bond acceptors (Lipinski definition) is 6. The molecule has 1 fully saturated rings. The van der Waals surface area contributed by atoms with Gasteiger partial charge in [0, 0.05) is 19.6 Å². The van der Waals surface area contributed by atoms with Gasteiger partial charge in [0.05, 0.1) is 42.0 Å². The number of anilines is 1. The molecule has 1 aliphatic heterocycles. The molecule has 4 rings (SSSR count). The summed E-state index contributed by atoms with van der Waals surface area (Å²) in [5, 5.41) is 2.81. The van der Waals surface area contributed by atoms with E-state index in [9.17, 15) is 18.0 Å². The number of ether oxygens (including phenoxy) is 2. The van der Waals surface area contributed by atoms with Crippen molar-refractivity contribution >= 4 is 27.5 Å². The summed E-state index contributed by atoms with van der Waals surface area (Å²) < 4.78 is 39.7. The first-order valence-corrected chi connectivity index (χ1v) is 12.9. The quantitative estimate of drug-likeness (QED) is 0.483. The van der Waals surface area contributed by atoms with Crippen LogP contribution in [0.3, 0.4) is 0 Å². The molecule has 1 heterocycles. The molecular weight excluding hydrogens is 482 g/mol. The van der Waals surface area contributed by atoms with Gasteiger partial charge in [-0.25, -0.2) is 8.42 Å². The molecule has 188 valence electrons. The molecule has 1 saturated heterocycles. The molecule has 0 saturated carbocycles. The molecule has 0 spiro atoms. The number of hydrogen-bond donors (Lipinski definition) is 2. The van der Waals surface area contributed by atoms with E-state index in [0.717, 1.165) is 5.56 Å². The Balaban J connectivity index is 1.57. The number of carbonyl (C=O) groups excluding carboxylic acids is 2. The fourth-order valence-corrected chi connectivity index (χ4v) is 4.91. The molecule has 0 aromatic heterocycles. The normalized spacial score (nSPS) is 13.6. The van der Waals surface area contributed by atoms with E-state index >= 15 is 0 Å². The Morgan fingerprint density at radius 1 is 0.944 bits per heavy atom. The van der Waals surface area contributed by atoms with Crippen LogP contribution in [0, 0.1) is 0 Å². The lowest BCUT2D eigenvalue weighted by molar-refractivity contribution is 0.0300. The van der Waals surface area contributed by atoms with Crippen molar-refractivity contribution in [3.8, 4) is 5.75 Å². The minimum absolute atomic E-state index is 0.125. The Morgan fingerprint density at radius 2 is 1.64 bits per heavy atom. The van der Waals surface area contributed by atoms with Gasteiger partial charge >= 0.3 is 0 Å². The van der Waals surface area contributed by atoms with Gasteiger partial charge in [-0.1, -0.05) is 42.5 Å². The molecule has 1 aliphatic rings. The van der Waals surface area contributed by atoms with Gasteiger partial charge in [0.1, 0.15) is 5.75 Å². The van der Waals surface area contributed by atoms with Crippen molar-refractivity contribution in [2.24, 2.45) is 0 Å². The van der Waals surface area contributed by atoms with Crippen molar-refractivity contribution in [1.29, 1.82) is 0 Å². The van der Waals surface area contributed by atoms with Crippen LogP contribution in [0.4, 0.5) is 5.69 Å². The molecule has 3 aromatic rings. The third kappa shape index (κ3) is 5.84. The van der Waals surface area contributed by atoms with E-state index in [1.165, 1.54) is 31.4 Å². The summed E-state index contributed by atoms with van der Waals surface area (Å²) >= 11 is 0. The number of morpholine rings is 1. The van der Waals surface area contributed by atoms with Crippen molar-refractivity contribution < 1.29 is 27.5 Å². The number of sulfonamides is 1. The number of para-hydroxylation sites is 1. The SMILES string of the molecule is COc1ccc(S(=O)(=O)Nc2ccccc2C(=O)NCc2ccccc2)cc1C(=O)N1CCOCC1. The highest BCUT2D eigenvalue weighted by Crippen LogP contribution is 2.27. The number of amides is 2. The molecule has 0 aliphatic carbocycles. The lowest BCUT2D eigenvalue weighted by Gasteiger charge is -2.27. The van der Waals surface area contributed by atoms with Crippen LogP contribution in [0.25, 0.3) is 0 Å². The highest BCUT2D eigenvalue weighted by molar-refractivity contribution is 7.92. The smallest absolute Gasteiger partial charge is 0.261 e. The summed E-state index contributed by atoms with van der Waals surface area (Å²) in [5.41, 5.74) is 1.35. The molecule has 0 atom stereocenters. The van der Waals surface area contributed by atoms with E-state index in [0.29, 0.717) is 32.8 Å². The average molecular weight is 510 g/mol. The van der Waals surface area contributed by atoms with E-state index in [2.05, 4.69) is 10.0 Å². The summed E-state index contributed by atoms with van der Waals surface area (Å²) in [4.78, 5) is 27.4. The van der Waals surface area contributed by atoms with Crippen molar-refractivity contribution in [2.45, 2.75) is 11.4 Å². The van der Waals surface area contributed by atoms with Crippen LogP contribution in [-0.4, -0.2) is 58.5 Å². The Bertz CT molecular complexity index is 1340. The fourth-order valence-electron chi connectivity index (χ4n) is 3.81. The van der Waals surface area contributed by atoms with Gasteiger partial charge in [-0.15, -0.1) is 0 Å². The molecule has 9 nitrogen and oxygen atoms in total. The first-order valence-electron chi connectivity index (χ1n) is 11.4. The number of nitrogens with zero attached hydrogens (tertiary/aromatic N) is 1. The highest BCUT2D eigenvalue weighted by Gasteiger charge is 2.25. The van der Waals surface area contributed by atoms with Gasteiger partial charge in [0.25, 0.3) is 21.8 Å². The Morgan fingerprint density at radius 3 is 2.36 bits per heavy atom. The minimum Gasteiger partial charge on any atom is -0.496 e. The lowest BCUT2D eigenvalue weighted by atomic mass is 10.1. The van der Waals surface area contributed by atoms with E-state index in [1.54, 1.807) is 23.1 Å². The number of benzene rings is 3. The van der Waals surface area contributed by atoms with Crippen LogP contribution in [0.15, 0.2) is 77.7 Å². The zero-order valence-corrected chi connectivity index (χ0v) is 20.6. The predicted molar refractivity (Wildman–Crippen MR) is 135 cm³/mol. The van der Waals surface area contributed by atoms with Gasteiger partial charge in [0.2, 0.25) is 0 Å². The second kappa shape index (κ2) is 11.2. The number of rotatable bonds is 8. The van der Waals surface area contributed by atoms with E-state index in [1.807, 2.05) is 30.3 Å². The van der Waals surface area contributed by atoms with E-state index in [-0.39, 0.29) is 33.4 Å². The van der Waals surface area contributed by atoms with Gasteiger partial charge in [-0.3, -0.25) is 14.3 Å². The zero-order chi connectivity index (χ0) is 25.5. The van der Waals surface area contributed by atoms with E-state index < -0.39 is 15.9 Å². The summed E-state index contributed by atoms with van der Waals surface area (Å²) in [6.45, 7) is 1.94. The Hall–Kier alpha value is -3.89. The maximum absolute atomic E-state index is 13.3. The fraction of sp³-hybridized carbons (Fsp3) is 0.231. The van der Waals surface area contributed by atoms with Crippen LogP contribution >= 0.6 is 0 Å². The van der Waals surface area contributed by atoms with Crippen molar-refractivity contribution in [2.75, 3.05) is 38.1 Å². The maximum Gasteiger partial charge on any atom is 0.261 e. The Kier molecular flexibility index (Phi) is 7.87. The summed E-state index contributed by atoms with van der Waals surface area (Å²) in [6.07, 6.45) is 0. The topological polar surface area (TPSA) is 114 Å². The average Bonchev–Trinajstić information content (AvgIpc) is 2.92. The second-order valence-electron chi connectivity index (χ2n) is 8.09. The molecule has 10 heteroatoms. The van der Waals surface area contributed by atoms with Gasteiger partial charge in [0.15, 0.2) is 0 Å². The van der Waals surface area contributed by atoms with Crippen LogP contribution in [0.5, 0.6) is 5.75 Å². The number of nitrogens with one attached hydrogen (secondary N) is 2. The second-order valence-corrected chi connectivity index (χ2v) is 9.77. The molecule has 0 unspecified atom stereocenters. The monoisotopic (exact) mass is 509 g/mol. The minimum atomic E-state index is -4.13. The molecule has 3 aromatic carbocycles. The van der Waals surface area contributed by atoms with E-state index in [4.69, 9.17) is 9.47 Å². The molecule has 36 heavy (non-hydrogen) atoms. The number of carbonyl (C=O) groups is 2. The summed E-state index contributed by atoms with van der Waals surface area (Å²) in [7, 11) is -2.71. The Labute approximate surface area is 210 Å². The third-order valence-electron chi connectivity index (χ3n) is 5.72. The highest BCUT2D eigenvalue weighted by atomic mass is 32.2. The summed E-state index contributed by atoms with van der Waals surface area (Å²) in [5.74, 6) is -0.492. The van der Waals surface area contributed by atoms with Gasteiger partial charge < -0.3 is 19.7 Å².